The molecular formula is C32H30FN7O3S. The molecule has 1 saturated carbocycles. The Morgan fingerprint density at radius 1 is 0.955 bits per heavy atom. The fraction of sp³-hybridized carbons (Fsp3) is 0.250. The number of hydrogen-bond donors (Lipinski definition) is 3. The maximum atomic E-state index is 14.6. The number of sulfonamides is 1. The summed E-state index contributed by atoms with van der Waals surface area (Å²) in [6.45, 7) is -0.0240. The third-order valence-corrected chi connectivity index (χ3v) is 8.55. The zero-order valence-corrected chi connectivity index (χ0v) is 24.8. The summed E-state index contributed by atoms with van der Waals surface area (Å²) >= 11 is 0. The zero-order valence-electron chi connectivity index (χ0n) is 24.0. The first-order valence-electron chi connectivity index (χ1n) is 14.5. The Balaban J connectivity index is 1.23. The number of aromatic amines is 2. The first-order chi connectivity index (χ1) is 21.3. The van der Waals surface area contributed by atoms with Gasteiger partial charge >= 0.3 is 0 Å². The predicted octanol–water partition coefficient (Wildman–Crippen LogP) is 6.13. The number of H-pyrrole nitrogens is 2. The third kappa shape index (κ3) is 5.90. The van der Waals surface area contributed by atoms with Crippen molar-refractivity contribution in [2.75, 3.05) is 6.26 Å². The molecule has 1 fully saturated rings. The lowest BCUT2D eigenvalue weighted by atomic mass is 9.98. The van der Waals surface area contributed by atoms with E-state index in [2.05, 4.69) is 29.9 Å². The molecule has 224 valence electrons. The van der Waals surface area contributed by atoms with Gasteiger partial charge in [0.25, 0.3) is 0 Å². The number of rotatable bonds is 8. The van der Waals surface area contributed by atoms with E-state index in [0.29, 0.717) is 33.6 Å². The zero-order chi connectivity index (χ0) is 30.3. The van der Waals surface area contributed by atoms with Crippen LogP contribution in [-0.4, -0.2) is 50.9 Å². The van der Waals surface area contributed by atoms with Gasteiger partial charge in [-0.25, -0.2) is 22.5 Å². The molecule has 44 heavy (non-hydrogen) atoms. The van der Waals surface area contributed by atoms with Crippen LogP contribution in [0.5, 0.6) is 5.75 Å². The Labute approximate surface area is 253 Å². The second-order valence-corrected chi connectivity index (χ2v) is 13.1. The van der Waals surface area contributed by atoms with Crippen LogP contribution < -0.4 is 9.46 Å². The van der Waals surface area contributed by atoms with Gasteiger partial charge in [0.2, 0.25) is 10.0 Å². The highest BCUT2D eigenvalue weighted by atomic mass is 32.2. The fourth-order valence-electron chi connectivity index (χ4n) is 5.78. The van der Waals surface area contributed by atoms with Crippen LogP contribution in [0.3, 0.4) is 0 Å². The second kappa shape index (κ2) is 11.4. The molecule has 0 unspecified atom stereocenters. The molecule has 1 aliphatic carbocycles. The SMILES string of the molecule is CS(=O)(=O)NCc1cc(F)cc(-c2cncc3[nH]c(-c4n[nH]c5ccc(-c6cncc(OC7CCCCC7)c6)nc45)cc23)c1. The number of nitrogens with one attached hydrogen (secondary N) is 3. The van der Waals surface area contributed by atoms with Gasteiger partial charge in [-0.2, -0.15) is 5.10 Å². The van der Waals surface area contributed by atoms with Crippen LogP contribution in [0.1, 0.15) is 37.7 Å². The normalized spacial score (nSPS) is 14.4. The number of fused-ring (bicyclic) bond motifs is 2. The van der Waals surface area contributed by atoms with E-state index in [0.717, 1.165) is 52.5 Å². The van der Waals surface area contributed by atoms with E-state index < -0.39 is 15.8 Å². The van der Waals surface area contributed by atoms with Gasteiger partial charge < -0.3 is 9.72 Å². The average molecular weight is 612 g/mol. The van der Waals surface area contributed by atoms with Crippen molar-refractivity contribution in [2.24, 2.45) is 0 Å². The molecule has 1 aliphatic rings. The van der Waals surface area contributed by atoms with Crippen molar-refractivity contribution in [3.63, 3.8) is 0 Å². The standard InChI is InChI=1S/C32H30FN7O3S/c1-44(41,42)36-14-19-9-20(11-22(33)10-19)26-17-35-18-30-25(26)13-29(37-30)32-31-28(39-40-32)8-7-27(38-31)21-12-24(16-34-15-21)43-23-5-3-2-4-6-23/h7-13,15-18,23,36-37H,2-6,14H2,1H3,(H,39,40). The van der Waals surface area contributed by atoms with Gasteiger partial charge in [-0.1, -0.05) is 6.42 Å². The quantitative estimate of drug-likeness (QED) is 0.188. The predicted molar refractivity (Wildman–Crippen MR) is 167 cm³/mol. The highest BCUT2D eigenvalue weighted by Crippen LogP contribution is 2.35. The monoisotopic (exact) mass is 611 g/mol. The molecule has 0 amide bonds. The van der Waals surface area contributed by atoms with Gasteiger partial charge in [-0.05, 0) is 79.3 Å². The molecule has 0 spiro atoms. The topological polar surface area (TPSA) is 139 Å². The number of ether oxygens (including phenoxy) is 1. The molecule has 12 heteroatoms. The lowest BCUT2D eigenvalue weighted by molar-refractivity contribution is 0.154. The molecule has 6 aromatic rings. The van der Waals surface area contributed by atoms with Gasteiger partial charge in [0, 0.05) is 35.5 Å². The number of benzene rings is 1. The van der Waals surface area contributed by atoms with E-state index in [4.69, 9.17) is 9.72 Å². The summed E-state index contributed by atoms with van der Waals surface area (Å²) in [5.41, 5.74) is 6.90. The largest absolute Gasteiger partial charge is 0.489 e. The highest BCUT2D eigenvalue weighted by Gasteiger charge is 2.18. The van der Waals surface area contributed by atoms with Crippen LogP contribution in [0.2, 0.25) is 0 Å². The first-order valence-corrected chi connectivity index (χ1v) is 16.4. The van der Waals surface area contributed by atoms with Gasteiger partial charge in [-0.15, -0.1) is 0 Å². The molecular weight excluding hydrogens is 581 g/mol. The van der Waals surface area contributed by atoms with Crippen LogP contribution in [0.4, 0.5) is 4.39 Å². The summed E-state index contributed by atoms with van der Waals surface area (Å²) in [7, 11) is -3.43. The number of aromatic nitrogens is 6. The summed E-state index contributed by atoms with van der Waals surface area (Å²) in [6.07, 6.45) is 14.0. The van der Waals surface area contributed by atoms with Crippen molar-refractivity contribution < 1.29 is 17.5 Å². The lowest BCUT2D eigenvalue weighted by Crippen LogP contribution is -2.21. The molecule has 5 aromatic heterocycles. The highest BCUT2D eigenvalue weighted by molar-refractivity contribution is 7.88. The first kappa shape index (κ1) is 28.1. The van der Waals surface area contributed by atoms with Crippen molar-refractivity contribution in [3.05, 3.63) is 78.6 Å². The molecule has 7 rings (SSSR count). The minimum absolute atomic E-state index is 0.0240. The van der Waals surface area contributed by atoms with Crippen molar-refractivity contribution >= 4 is 32.0 Å². The second-order valence-electron chi connectivity index (χ2n) is 11.2. The molecule has 0 atom stereocenters. The van der Waals surface area contributed by atoms with Crippen molar-refractivity contribution in [3.8, 4) is 39.5 Å². The minimum atomic E-state index is -3.43. The Bertz CT molecular complexity index is 2100. The molecule has 10 nitrogen and oxygen atoms in total. The lowest BCUT2D eigenvalue weighted by Gasteiger charge is -2.22. The van der Waals surface area contributed by atoms with Crippen molar-refractivity contribution in [1.29, 1.82) is 0 Å². The number of halogens is 1. The summed E-state index contributed by atoms with van der Waals surface area (Å²) in [5.74, 6) is 0.269. The number of hydrogen-bond acceptors (Lipinski definition) is 7. The van der Waals surface area contributed by atoms with Gasteiger partial charge in [0.15, 0.2) is 0 Å². The van der Waals surface area contributed by atoms with Crippen LogP contribution in [0, 0.1) is 5.82 Å². The van der Waals surface area contributed by atoms with E-state index >= 15 is 0 Å². The van der Waals surface area contributed by atoms with Gasteiger partial charge in [0.05, 0.1) is 47.2 Å². The van der Waals surface area contributed by atoms with Crippen LogP contribution in [0.25, 0.3) is 55.7 Å². The summed E-state index contributed by atoms with van der Waals surface area (Å²) < 4.78 is 46.4. The Hall–Kier alpha value is -4.68. The smallest absolute Gasteiger partial charge is 0.209 e. The fourth-order valence-corrected chi connectivity index (χ4v) is 6.21. The van der Waals surface area contributed by atoms with E-state index in [1.165, 1.54) is 31.4 Å². The van der Waals surface area contributed by atoms with E-state index in [-0.39, 0.29) is 12.6 Å². The molecule has 0 saturated heterocycles. The third-order valence-electron chi connectivity index (χ3n) is 7.88. The molecule has 0 radical (unpaired) electrons. The van der Waals surface area contributed by atoms with Crippen LogP contribution in [-0.2, 0) is 16.6 Å². The maximum Gasteiger partial charge on any atom is 0.209 e. The van der Waals surface area contributed by atoms with E-state index in [9.17, 15) is 12.8 Å². The average Bonchev–Trinajstić information content (AvgIpc) is 3.64. The number of pyridine rings is 3. The molecule has 5 heterocycles. The summed E-state index contributed by atoms with van der Waals surface area (Å²) in [4.78, 5) is 17.1. The van der Waals surface area contributed by atoms with Crippen molar-refractivity contribution in [2.45, 2.75) is 44.8 Å². The van der Waals surface area contributed by atoms with E-state index in [1.807, 2.05) is 24.3 Å². The van der Waals surface area contributed by atoms with Gasteiger partial charge in [-0.3, -0.25) is 15.1 Å². The Kier molecular flexibility index (Phi) is 7.31. The Morgan fingerprint density at radius 2 is 1.80 bits per heavy atom. The van der Waals surface area contributed by atoms with Gasteiger partial charge in [0.1, 0.15) is 22.8 Å². The number of nitrogens with zero attached hydrogens (tertiary/aromatic N) is 4. The summed E-state index contributed by atoms with van der Waals surface area (Å²) in [5, 5.41) is 8.44. The summed E-state index contributed by atoms with van der Waals surface area (Å²) in [6, 6.07) is 12.3. The molecule has 0 bridgehead atoms. The van der Waals surface area contributed by atoms with E-state index in [1.54, 1.807) is 30.9 Å². The molecule has 1 aromatic carbocycles. The van der Waals surface area contributed by atoms with Crippen LogP contribution in [0.15, 0.2) is 67.3 Å². The molecule has 0 aliphatic heterocycles. The van der Waals surface area contributed by atoms with Crippen LogP contribution >= 0.6 is 0 Å². The molecule has 3 N–H and O–H groups in total. The Morgan fingerprint density at radius 3 is 2.64 bits per heavy atom. The van der Waals surface area contributed by atoms with Crippen molar-refractivity contribution in [1.82, 2.24) is 34.9 Å². The maximum absolute atomic E-state index is 14.6. The minimum Gasteiger partial charge on any atom is -0.489 e.